The number of nitrogen functional groups attached to an aromatic ring is 1. The van der Waals surface area contributed by atoms with Gasteiger partial charge < -0.3 is 15.7 Å². The standard InChI is InChI=1S/C13H19N3O2/c1-8(2)10-4-3-7-16(10)12-11(14)9(13(17)18)5-6-15-12/h5-6,8,10H,3-4,7,14H2,1-2H3,(H,17,18). The Morgan fingerprint density at radius 2 is 2.33 bits per heavy atom. The zero-order valence-electron chi connectivity index (χ0n) is 10.8. The number of nitrogens with zero attached hydrogens (tertiary/aromatic N) is 2. The predicted molar refractivity (Wildman–Crippen MR) is 70.8 cm³/mol. The maximum atomic E-state index is 11.1. The van der Waals surface area contributed by atoms with Gasteiger partial charge in [-0.15, -0.1) is 0 Å². The van der Waals surface area contributed by atoms with Crippen LogP contribution in [-0.2, 0) is 0 Å². The van der Waals surface area contributed by atoms with Gasteiger partial charge in [0.05, 0.1) is 11.3 Å². The first-order valence-electron chi connectivity index (χ1n) is 6.26. The number of aromatic nitrogens is 1. The van der Waals surface area contributed by atoms with E-state index in [9.17, 15) is 4.79 Å². The second-order valence-corrected chi connectivity index (χ2v) is 5.05. The lowest BCUT2D eigenvalue weighted by Crippen LogP contribution is -2.34. The van der Waals surface area contributed by atoms with Gasteiger partial charge in [0.25, 0.3) is 0 Å². The van der Waals surface area contributed by atoms with Crippen LogP contribution < -0.4 is 10.6 Å². The van der Waals surface area contributed by atoms with E-state index in [1.165, 1.54) is 12.3 Å². The maximum absolute atomic E-state index is 11.1. The van der Waals surface area contributed by atoms with Gasteiger partial charge in [-0.25, -0.2) is 9.78 Å². The van der Waals surface area contributed by atoms with Crippen LogP contribution in [0.15, 0.2) is 12.3 Å². The van der Waals surface area contributed by atoms with Crippen molar-refractivity contribution in [2.24, 2.45) is 5.92 Å². The van der Waals surface area contributed by atoms with Gasteiger partial charge in [-0.3, -0.25) is 0 Å². The van der Waals surface area contributed by atoms with Crippen LogP contribution in [-0.4, -0.2) is 28.6 Å². The Morgan fingerprint density at radius 1 is 1.61 bits per heavy atom. The summed E-state index contributed by atoms with van der Waals surface area (Å²) in [5.41, 5.74) is 6.35. The molecule has 1 aromatic rings. The number of hydrogen-bond acceptors (Lipinski definition) is 4. The van der Waals surface area contributed by atoms with E-state index in [-0.39, 0.29) is 11.3 Å². The third-order valence-corrected chi connectivity index (χ3v) is 3.54. The van der Waals surface area contributed by atoms with Crippen molar-refractivity contribution in [1.29, 1.82) is 0 Å². The van der Waals surface area contributed by atoms with Crippen molar-refractivity contribution in [3.8, 4) is 0 Å². The average molecular weight is 249 g/mol. The summed E-state index contributed by atoms with van der Waals surface area (Å²) in [5, 5.41) is 9.08. The molecule has 2 heterocycles. The topological polar surface area (TPSA) is 79.5 Å². The van der Waals surface area contributed by atoms with E-state index in [2.05, 4.69) is 23.7 Å². The van der Waals surface area contributed by atoms with E-state index in [0.29, 0.717) is 17.8 Å². The molecule has 0 bridgehead atoms. The molecule has 5 nitrogen and oxygen atoms in total. The second-order valence-electron chi connectivity index (χ2n) is 5.05. The minimum atomic E-state index is -1.00. The molecule has 98 valence electrons. The Kier molecular flexibility index (Phi) is 3.41. The molecule has 1 unspecified atom stereocenters. The first-order chi connectivity index (χ1) is 8.52. The van der Waals surface area contributed by atoms with E-state index in [1.807, 2.05) is 0 Å². The highest BCUT2D eigenvalue weighted by Gasteiger charge is 2.30. The van der Waals surface area contributed by atoms with E-state index in [4.69, 9.17) is 10.8 Å². The number of hydrogen-bond donors (Lipinski definition) is 2. The average Bonchev–Trinajstić information content (AvgIpc) is 2.77. The van der Waals surface area contributed by atoms with Crippen LogP contribution in [0.1, 0.15) is 37.0 Å². The summed E-state index contributed by atoms with van der Waals surface area (Å²) >= 11 is 0. The van der Waals surface area contributed by atoms with Gasteiger partial charge in [0.2, 0.25) is 0 Å². The fraction of sp³-hybridized carbons (Fsp3) is 0.538. The van der Waals surface area contributed by atoms with Gasteiger partial charge >= 0.3 is 5.97 Å². The molecule has 1 aliphatic rings. The lowest BCUT2D eigenvalue weighted by atomic mass is 10.0. The number of carbonyl (C=O) groups is 1. The van der Waals surface area contributed by atoms with Gasteiger partial charge in [-0.1, -0.05) is 13.8 Å². The molecule has 5 heteroatoms. The van der Waals surface area contributed by atoms with Gasteiger partial charge in [-0.2, -0.15) is 0 Å². The lowest BCUT2D eigenvalue weighted by Gasteiger charge is -2.29. The van der Waals surface area contributed by atoms with Crippen LogP contribution in [0.5, 0.6) is 0 Å². The summed E-state index contributed by atoms with van der Waals surface area (Å²) in [4.78, 5) is 17.5. The number of carboxylic acids is 1. The number of anilines is 2. The lowest BCUT2D eigenvalue weighted by molar-refractivity contribution is 0.0698. The minimum Gasteiger partial charge on any atom is -0.478 e. The molecule has 18 heavy (non-hydrogen) atoms. The van der Waals surface area contributed by atoms with Crippen molar-refractivity contribution in [2.75, 3.05) is 17.2 Å². The molecular weight excluding hydrogens is 230 g/mol. The van der Waals surface area contributed by atoms with E-state index < -0.39 is 5.97 Å². The first-order valence-corrected chi connectivity index (χ1v) is 6.26. The van der Waals surface area contributed by atoms with Crippen molar-refractivity contribution in [3.05, 3.63) is 17.8 Å². The molecular formula is C13H19N3O2. The molecule has 0 spiro atoms. The monoisotopic (exact) mass is 249 g/mol. The van der Waals surface area contributed by atoms with Crippen LogP contribution >= 0.6 is 0 Å². The summed E-state index contributed by atoms with van der Waals surface area (Å²) in [5.74, 6) is 0.115. The van der Waals surface area contributed by atoms with Gasteiger partial charge in [0.1, 0.15) is 0 Å². The van der Waals surface area contributed by atoms with E-state index >= 15 is 0 Å². The molecule has 0 amide bonds. The predicted octanol–water partition coefficient (Wildman–Crippen LogP) is 1.99. The van der Waals surface area contributed by atoms with Crippen LogP contribution in [0.3, 0.4) is 0 Å². The molecule has 0 saturated carbocycles. The van der Waals surface area contributed by atoms with Crippen LogP contribution in [0, 0.1) is 5.92 Å². The molecule has 0 radical (unpaired) electrons. The largest absolute Gasteiger partial charge is 0.478 e. The maximum Gasteiger partial charge on any atom is 0.337 e. The number of nitrogens with two attached hydrogens (primary N) is 1. The molecule has 0 aliphatic carbocycles. The molecule has 1 saturated heterocycles. The SMILES string of the molecule is CC(C)C1CCCN1c1nccc(C(=O)O)c1N. The van der Waals surface area contributed by atoms with Gasteiger partial charge in [0, 0.05) is 18.8 Å². The number of pyridine rings is 1. The molecule has 1 atom stereocenters. The first kappa shape index (κ1) is 12.7. The molecule has 1 fully saturated rings. The Balaban J connectivity index is 2.39. The fourth-order valence-electron chi connectivity index (χ4n) is 2.63. The highest BCUT2D eigenvalue weighted by molar-refractivity contribution is 5.96. The Labute approximate surface area is 107 Å². The van der Waals surface area contributed by atoms with Crippen LogP contribution in [0.4, 0.5) is 11.5 Å². The highest BCUT2D eigenvalue weighted by Crippen LogP contribution is 2.33. The van der Waals surface area contributed by atoms with Crippen LogP contribution in [0.25, 0.3) is 0 Å². The van der Waals surface area contributed by atoms with Gasteiger partial charge in [-0.05, 0) is 24.8 Å². The Morgan fingerprint density at radius 3 is 2.94 bits per heavy atom. The van der Waals surface area contributed by atoms with E-state index in [0.717, 1.165) is 19.4 Å². The number of aromatic carboxylic acids is 1. The Hall–Kier alpha value is -1.78. The van der Waals surface area contributed by atoms with E-state index in [1.54, 1.807) is 0 Å². The molecule has 2 rings (SSSR count). The van der Waals surface area contributed by atoms with Crippen molar-refractivity contribution >= 4 is 17.5 Å². The summed E-state index contributed by atoms with van der Waals surface area (Å²) in [6.07, 6.45) is 3.72. The van der Waals surface area contributed by atoms with Crippen molar-refractivity contribution in [1.82, 2.24) is 4.98 Å². The van der Waals surface area contributed by atoms with Crippen molar-refractivity contribution in [3.63, 3.8) is 0 Å². The molecule has 3 N–H and O–H groups in total. The van der Waals surface area contributed by atoms with Crippen molar-refractivity contribution in [2.45, 2.75) is 32.7 Å². The summed E-state index contributed by atoms with van der Waals surface area (Å²) in [6.45, 7) is 5.23. The third kappa shape index (κ3) is 2.12. The highest BCUT2D eigenvalue weighted by atomic mass is 16.4. The third-order valence-electron chi connectivity index (χ3n) is 3.54. The fourth-order valence-corrected chi connectivity index (χ4v) is 2.63. The summed E-state index contributed by atoms with van der Waals surface area (Å²) in [7, 11) is 0. The number of carboxylic acid groups (broad SMARTS) is 1. The quantitative estimate of drug-likeness (QED) is 0.856. The molecule has 1 aliphatic heterocycles. The zero-order chi connectivity index (χ0) is 13.3. The van der Waals surface area contributed by atoms with Crippen molar-refractivity contribution < 1.29 is 9.90 Å². The molecule has 0 aromatic carbocycles. The second kappa shape index (κ2) is 4.84. The Bertz CT molecular complexity index is 460. The minimum absolute atomic E-state index is 0.134. The smallest absolute Gasteiger partial charge is 0.337 e. The van der Waals surface area contributed by atoms with Crippen LogP contribution in [0.2, 0.25) is 0 Å². The number of rotatable bonds is 3. The van der Waals surface area contributed by atoms with Gasteiger partial charge in [0.15, 0.2) is 5.82 Å². The zero-order valence-corrected chi connectivity index (χ0v) is 10.8. The summed E-state index contributed by atoms with van der Waals surface area (Å²) in [6, 6.07) is 1.84. The normalized spacial score (nSPS) is 19.5. The summed E-state index contributed by atoms with van der Waals surface area (Å²) < 4.78 is 0. The molecule has 1 aromatic heterocycles.